The van der Waals surface area contributed by atoms with Crippen molar-refractivity contribution >= 4 is 16.0 Å². The number of hydrogen-bond donors (Lipinski definition) is 3. The zero-order valence-corrected chi connectivity index (χ0v) is 10.4. The van der Waals surface area contributed by atoms with E-state index in [-0.39, 0.29) is 31.7 Å². The first kappa shape index (κ1) is 15.3. The molecule has 3 N–H and O–H groups in total. The maximum atomic E-state index is 11.4. The second-order valence-electron chi connectivity index (χ2n) is 4.46. The summed E-state index contributed by atoms with van der Waals surface area (Å²) < 4.78 is 25.1. The first-order chi connectivity index (χ1) is 7.18. The molecule has 0 aromatic heterocycles. The number of carboxylic acid groups (broad SMARTS) is 1. The van der Waals surface area contributed by atoms with Crippen LogP contribution >= 0.6 is 0 Å². The normalized spacial score (nSPS) is 12.7. The maximum absolute atomic E-state index is 11.4. The Labute approximate surface area is 95.7 Å². The first-order valence-corrected chi connectivity index (χ1v) is 6.64. The third-order valence-electron chi connectivity index (χ3n) is 2.00. The molecule has 0 atom stereocenters. The monoisotopic (exact) mass is 253 g/mol. The predicted molar refractivity (Wildman–Crippen MR) is 59.5 cm³/mol. The Morgan fingerprint density at radius 2 is 1.94 bits per heavy atom. The summed E-state index contributed by atoms with van der Waals surface area (Å²) in [5.74, 6) is -1.22. The first-order valence-electron chi connectivity index (χ1n) is 4.98. The molecule has 0 heterocycles. The highest BCUT2D eigenvalue weighted by Gasteiger charge is 2.20. The Morgan fingerprint density at radius 1 is 1.38 bits per heavy atom. The molecule has 16 heavy (non-hydrogen) atoms. The molecule has 0 amide bonds. The minimum Gasteiger partial charge on any atom is -0.481 e. The van der Waals surface area contributed by atoms with E-state index in [9.17, 15) is 13.2 Å². The van der Waals surface area contributed by atoms with Crippen LogP contribution in [0.4, 0.5) is 0 Å². The second kappa shape index (κ2) is 6.17. The highest BCUT2D eigenvalue weighted by atomic mass is 32.2. The lowest BCUT2D eigenvalue weighted by atomic mass is 9.96. The van der Waals surface area contributed by atoms with Crippen molar-refractivity contribution < 1.29 is 23.4 Å². The summed E-state index contributed by atoms with van der Waals surface area (Å²) in [6.07, 6.45) is -0.0749. The van der Waals surface area contributed by atoms with E-state index in [1.54, 1.807) is 13.8 Å². The zero-order valence-electron chi connectivity index (χ0n) is 9.56. The van der Waals surface area contributed by atoms with Crippen LogP contribution in [-0.2, 0) is 14.8 Å². The Balaban J connectivity index is 4.02. The fourth-order valence-corrected chi connectivity index (χ4v) is 2.13. The lowest BCUT2D eigenvalue weighted by Crippen LogP contribution is -2.37. The number of carboxylic acids is 1. The second-order valence-corrected chi connectivity index (χ2v) is 6.39. The standard InChI is InChI=1S/C9H19NO5S/c1-9(2,7-11)6-10-16(14,15)5-3-4-8(12)13/h10-11H,3-7H2,1-2H3,(H,12,13). The van der Waals surface area contributed by atoms with E-state index in [1.807, 2.05) is 0 Å². The fourth-order valence-electron chi connectivity index (χ4n) is 0.847. The van der Waals surface area contributed by atoms with Gasteiger partial charge in [0.15, 0.2) is 0 Å². The van der Waals surface area contributed by atoms with Gasteiger partial charge in [0.25, 0.3) is 0 Å². The average molecular weight is 253 g/mol. The van der Waals surface area contributed by atoms with Gasteiger partial charge >= 0.3 is 5.97 Å². The summed E-state index contributed by atoms with van der Waals surface area (Å²) in [4.78, 5) is 10.2. The number of carbonyl (C=O) groups is 1. The molecule has 0 bridgehead atoms. The summed E-state index contributed by atoms with van der Waals surface area (Å²) in [7, 11) is -3.44. The Morgan fingerprint density at radius 3 is 2.38 bits per heavy atom. The highest BCUT2D eigenvalue weighted by Crippen LogP contribution is 2.11. The topological polar surface area (TPSA) is 104 Å². The molecule has 0 saturated heterocycles. The number of hydrogen-bond acceptors (Lipinski definition) is 4. The number of rotatable bonds is 8. The van der Waals surface area contributed by atoms with Crippen LogP contribution in [0.1, 0.15) is 26.7 Å². The summed E-state index contributed by atoms with van der Waals surface area (Å²) in [6, 6.07) is 0. The average Bonchev–Trinajstić information content (AvgIpc) is 2.14. The molecule has 0 aliphatic carbocycles. The van der Waals surface area contributed by atoms with Crippen LogP contribution in [0.15, 0.2) is 0 Å². The Kier molecular flexibility index (Phi) is 5.91. The van der Waals surface area contributed by atoms with Crippen LogP contribution < -0.4 is 4.72 Å². The van der Waals surface area contributed by atoms with Crippen molar-refractivity contribution in [3.05, 3.63) is 0 Å². The number of nitrogens with one attached hydrogen (secondary N) is 1. The van der Waals surface area contributed by atoms with Gasteiger partial charge in [0.1, 0.15) is 0 Å². The van der Waals surface area contributed by atoms with Gasteiger partial charge < -0.3 is 10.2 Å². The molecule has 0 aliphatic heterocycles. The summed E-state index contributed by atoms with van der Waals surface area (Å²) in [5.41, 5.74) is -0.514. The smallest absolute Gasteiger partial charge is 0.303 e. The Bertz CT molecular complexity index is 323. The van der Waals surface area contributed by atoms with Gasteiger partial charge in [-0.15, -0.1) is 0 Å². The van der Waals surface area contributed by atoms with Gasteiger partial charge in [0.2, 0.25) is 10.0 Å². The van der Waals surface area contributed by atoms with Crippen LogP contribution in [0.25, 0.3) is 0 Å². The summed E-state index contributed by atoms with van der Waals surface area (Å²) in [6.45, 7) is 3.48. The van der Waals surface area contributed by atoms with Crippen molar-refractivity contribution in [3.8, 4) is 0 Å². The predicted octanol–water partition coefficient (Wildman–Crippen LogP) is -0.211. The van der Waals surface area contributed by atoms with Crippen molar-refractivity contribution in [3.63, 3.8) is 0 Å². The molecule has 0 spiro atoms. The molecule has 7 heteroatoms. The molecular formula is C9H19NO5S. The molecule has 0 saturated carbocycles. The van der Waals surface area contributed by atoms with E-state index in [2.05, 4.69) is 4.72 Å². The third-order valence-corrected chi connectivity index (χ3v) is 3.41. The van der Waals surface area contributed by atoms with Crippen LogP contribution in [0.2, 0.25) is 0 Å². The molecule has 0 aliphatic rings. The molecular weight excluding hydrogens is 234 g/mol. The number of aliphatic carboxylic acids is 1. The van der Waals surface area contributed by atoms with Crippen LogP contribution in [0.5, 0.6) is 0 Å². The largest absolute Gasteiger partial charge is 0.481 e. The minimum absolute atomic E-state index is 0.0875. The van der Waals surface area contributed by atoms with E-state index in [4.69, 9.17) is 10.2 Å². The third kappa shape index (κ3) is 7.61. The molecule has 0 rings (SSSR count). The SMILES string of the molecule is CC(C)(CO)CNS(=O)(=O)CCCC(=O)O. The van der Waals surface area contributed by atoms with Crippen LogP contribution in [-0.4, -0.2) is 43.5 Å². The molecule has 0 aromatic rings. The van der Waals surface area contributed by atoms with E-state index >= 15 is 0 Å². The quantitative estimate of drug-likeness (QED) is 0.555. The fraction of sp³-hybridized carbons (Fsp3) is 0.889. The van der Waals surface area contributed by atoms with Gasteiger partial charge in [0.05, 0.1) is 5.75 Å². The van der Waals surface area contributed by atoms with Crippen LogP contribution in [0, 0.1) is 5.41 Å². The van der Waals surface area contributed by atoms with Gasteiger partial charge in [-0.25, -0.2) is 13.1 Å². The van der Waals surface area contributed by atoms with Crippen molar-refractivity contribution in [1.29, 1.82) is 0 Å². The lowest BCUT2D eigenvalue weighted by molar-refractivity contribution is -0.137. The van der Waals surface area contributed by atoms with Gasteiger partial charge in [0, 0.05) is 25.0 Å². The minimum atomic E-state index is -3.44. The molecule has 0 aromatic carbocycles. The van der Waals surface area contributed by atoms with E-state index < -0.39 is 21.4 Å². The number of aliphatic hydroxyl groups excluding tert-OH is 1. The number of sulfonamides is 1. The molecule has 0 radical (unpaired) electrons. The van der Waals surface area contributed by atoms with Gasteiger partial charge in [-0.1, -0.05) is 13.8 Å². The van der Waals surface area contributed by atoms with Gasteiger partial charge in [-0.05, 0) is 6.42 Å². The van der Waals surface area contributed by atoms with Crippen molar-refractivity contribution in [2.24, 2.45) is 5.41 Å². The van der Waals surface area contributed by atoms with Crippen molar-refractivity contribution in [2.45, 2.75) is 26.7 Å². The number of aliphatic hydroxyl groups is 1. The van der Waals surface area contributed by atoms with Crippen molar-refractivity contribution in [2.75, 3.05) is 18.9 Å². The zero-order chi connectivity index (χ0) is 12.8. The Hall–Kier alpha value is -0.660. The molecule has 96 valence electrons. The van der Waals surface area contributed by atoms with E-state index in [1.165, 1.54) is 0 Å². The van der Waals surface area contributed by atoms with E-state index in [0.717, 1.165) is 0 Å². The summed E-state index contributed by atoms with van der Waals surface area (Å²) >= 11 is 0. The molecule has 0 unspecified atom stereocenters. The summed E-state index contributed by atoms with van der Waals surface area (Å²) in [5, 5.41) is 17.3. The molecule has 6 nitrogen and oxygen atoms in total. The van der Waals surface area contributed by atoms with Gasteiger partial charge in [-0.2, -0.15) is 0 Å². The van der Waals surface area contributed by atoms with E-state index in [0.29, 0.717) is 0 Å². The van der Waals surface area contributed by atoms with Gasteiger partial charge in [-0.3, -0.25) is 4.79 Å². The van der Waals surface area contributed by atoms with Crippen LogP contribution in [0.3, 0.4) is 0 Å². The highest BCUT2D eigenvalue weighted by molar-refractivity contribution is 7.89. The van der Waals surface area contributed by atoms with Crippen molar-refractivity contribution in [1.82, 2.24) is 4.72 Å². The lowest BCUT2D eigenvalue weighted by Gasteiger charge is -2.21. The molecule has 0 fully saturated rings. The maximum Gasteiger partial charge on any atom is 0.303 e.